The molecule has 0 spiro atoms. The molecule has 0 aromatic heterocycles. The molecule has 0 saturated carbocycles. The summed E-state index contributed by atoms with van der Waals surface area (Å²) in [4.78, 5) is 18.2. The molecular formula is C2H4BaO4V. The van der Waals surface area contributed by atoms with E-state index in [0.29, 0.717) is 0 Å². The number of hydrogen-bond acceptors (Lipinski definition) is 2. The summed E-state index contributed by atoms with van der Waals surface area (Å²) in [6, 6.07) is 0. The van der Waals surface area contributed by atoms with Crippen molar-refractivity contribution in [3.8, 4) is 0 Å². The molecule has 8 heavy (non-hydrogen) atoms. The Balaban J connectivity index is -0.000000125. The zero-order chi connectivity index (χ0) is 5.15. The van der Waals surface area contributed by atoms with Crippen LogP contribution in [-0.4, -0.2) is 71.0 Å². The largest absolute Gasteiger partial charge is 0 e. The molecule has 0 saturated heterocycles. The summed E-state index contributed by atoms with van der Waals surface area (Å²) in [7, 11) is 0. The number of carbonyl (C=O) groups is 2. The minimum atomic E-state index is -1.82. The Labute approximate surface area is 97.6 Å². The van der Waals surface area contributed by atoms with Crippen molar-refractivity contribution in [1.82, 2.24) is 0 Å². The summed E-state index contributed by atoms with van der Waals surface area (Å²) in [5.41, 5.74) is 0. The summed E-state index contributed by atoms with van der Waals surface area (Å²) in [5.74, 6) is -3.65. The van der Waals surface area contributed by atoms with E-state index in [1.165, 1.54) is 0 Å². The molecule has 0 heterocycles. The maximum Gasteiger partial charge on any atom is 0 e. The Morgan fingerprint density at radius 3 is 1.12 bits per heavy atom. The first-order valence-electron chi connectivity index (χ1n) is 1.11. The molecule has 0 amide bonds. The Morgan fingerprint density at radius 2 is 1.12 bits per heavy atom. The molecule has 1 radical (unpaired) electrons. The molecule has 2 N–H and O–H groups in total. The van der Waals surface area contributed by atoms with Crippen molar-refractivity contribution in [2.24, 2.45) is 0 Å². The van der Waals surface area contributed by atoms with Gasteiger partial charge in [0.25, 0.3) is 0 Å². The first-order valence-corrected chi connectivity index (χ1v) is 1.11. The molecular weight excluding hydrogens is 276 g/mol. The third-order valence-electron chi connectivity index (χ3n) is 0.183. The SMILES string of the molecule is O=C(O)C(=O)O.[BaH2].[V]. The van der Waals surface area contributed by atoms with Gasteiger partial charge in [0.05, 0.1) is 0 Å². The van der Waals surface area contributed by atoms with Crippen LogP contribution >= 0.6 is 0 Å². The fourth-order valence-corrected chi connectivity index (χ4v) is 0. The summed E-state index contributed by atoms with van der Waals surface area (Å²) < 4.78 is 0. The van der Waals surface area contributed by atoms with Crippen LogP contribution in [0, 0.1) is 0 Å². The van der Waals surface area contributed by atoms with Gasteiger partial charge >= 0.3 is 60.8 Å². The van der Waals surface area contributed by atoms with E-state index in [1.54, 1.807) is 0 Å². The minimum Gasteiger partial charge on any atom is 0 e. The standard InChI is InChI=1S/C2H2O4.Ba.V.2H/c3-1(4)2(5)6;;;;/h(H,3,4)(H,5,6);;;;. The van der Waals surface area contributed by atoms with Crippen molar-refractivity contribution in [2.75, 3.05) is 0 Å². The smallest absolute Gasteiger partial charge is 0 e. The van der Waals surface area contributed by atoms with Crippen LogP contribution in [0.2, 0.25) is 0 Å². The van der Waals surface area contributed by atoms with Crippen LogP contribution in [0.3, 0.4) is 0 Å². The maximum atomic E-state index is 9.10. The number of carboxylic acids is 2. The van der Waals surface area contributed by atoms with Crippen molar-refractivity contribution in [3.05, 3.63) is 0 Å². The zero-order valence-corrected chi connectivity index (χ0v) is 4.55. The molecule has 4 nitrogen and oxygen atoms in total. The van der Waals surface area contributed by atoms with E-state index in [4.69, 9.17) is 19.8 Å². The topological polar surface area (TPSA) is 74.6 Å². The van der Waals surface area contributed by atoms with Crippen molar-refractivity contribution in [3.63, 3.8) is 0 Å². The third-order valence-corrected chi connectivity index (χ3v) is 0.183. The van der Waals surface area contributed by atoms with Crippen molar-refractivity contribution in [1.29, 1.82) is 0 Å². The molecule has 0 atom stereocenters. The van der Waals surface area contributed by atoms with Gasteiger partial charge in [0.2, 0.25) is 0 Å². The molecule has 0 aromatic carbocycles. The second-order valence-electron chi connectivity index (χ2n) is 0.610. The van der Waals surface area contributed by atoms with Gasteiger partial charge < -0.3 is 10.2 Å². The van der Waals surface area contributed by atoms with E-state index in [9.17, 15) is 0 Å². The summed E-state index contributed by atoms with van der Waals surface area (Å²) >= 11 is 0. The van der Waals surface area contributed by atoms with Gasteiger partial charge in [0, 0.05) is 18.6 Å². The van der Waals surface area contributed by atoms with Crippen molar-refractivity contribution < 1.29 is 38.4 Å². The van der Waals surface area contributed by atoms with Gasteiger partial charge in [-0.25, -0.2) is 9.59 Å². The van der Waals surface area contributed by atoms with Gasteiger partial charge in [0.1, 0.15) is 0 Å². The molecule has 0 aliphatic carbocycles. The zero-order valence-electron chi connectivity index (χ0n) is 3.16. The fraction of sp³-hybridized carbons (Fsp3) is 0. The fourth-order valence-electron chi connectivity index (χ4n) is 0. The summed E-state index contributed by atoms with van der Waals surface area (Å²) in [5, 5.41) is 14.8. The van der Waals surface area contributed by atoms with E-state index in [-0.39, 0.29) is 67.4 Å². The normalized spacial score (nSPS) is 5.50. The summed E-state index contributed by atoms with van der Waals surface area (Å²) in [6.07, 6.45) is 0. The van der Waals surface area contributed by atoms with Crippen LogP contribution in [0.4, 0.5) is 0 Å². The monoisotopic (exact) mass is 281 g/mol. The maximum absolute atomic E-state index is 9.10. The predicted octanol–water partition coefficient (Wildman–Crippen LogP) is -1.76. The average molecular weight is 280 g/mol. The van der Waals surface area contributed by atoms with Crippen LogP contribution in [0.5, 0.6) is 0 Å². The van der Waals surface area contributed by atoms with Crippen LogP contribution in [0.25, 0.3) is 0 Å². The second-order valence-corrected chi connectivity index (χ2v) is 0.610. The van der Waals surface area contributed by atoms with Gasteiger partial charge in [0.15, 0.2) is 0 Å². The van der Waals surface area contributed by atoms with Gasteiger partial charge in [-0.3, -0.25) is 0 Å². The van der Waals surface area contributed by atoms with Crippen LogP contribution in [-0.2, 0) is 28.1 Å². The van der Waals surface area contributed by atoms with Gasteiger partial charge in [-0.1, -0.05) is 0 Å². The third kappa shape index (κ3) is 10.2. The van der Waals surface area contributed by atoms with E-state index in [0.717, 1.165) is 0 Å². The molecule has 0 fully saturated rings. The van der Waals surface area contributed by atoms with Gasteiger partial charge in [-0.15, -0.1) is 0 Å². The number of carboxylic acid groups (broad SMARTS) is 2. The van der Waals surface area contributed by atoms with Crippen molar-refractivity contribution in [2.45, 2.75) is 0 Å². The molecule has 0 rings (SSSR count). The Bertz CT molecular complexity index is 80.0. The summed E-state index contributed by atoms with van der Waals surface area (Å²) in [6.45, 7) is 0. The number of hydrogen-bond donors (Lipinski definition) is 2. The Morgan fingerprint density at radius 1 is 1.00 bits per heavy atom. The van der Waals surface area contributed by atoms with Crippen LogP contribution < -0.4 is 0 Å². The van der Waals surface area contributed by atoms with E-state index >= 15 is 0 Å². The second kappa shape index (κ2) is 8.10. The molecule has 0 aliphatic heterocycles. The molecule has 0 bridgehead atoms. The van der Waals surface area contributed by atoms with Gasteiger partial charge in [-0.05, 0) is 0 Å². The van der Waals surface area contributed by atoms with Crippen molar-refractivity contribution >= 4 is 60.8 Å². The minimum absolute atomic E-state index is 0. The van der Waals surface area contributed by atoms with Gasteiger partial charge in [-0.2, -0.15) is 0 Å². The molecule has 6 heteroatoms. The molecule has 0 aliphatic rings. The Hall–Kier alpha value is 1.10. The van der Waals surface area contributed by atoms with Crippen LogP contribution in [0.1, 0.15) is 0 Å². The van der Waals surface area contributed by atoms with E-state index in [2.05, 4.69) is 0 Å². The van der Waals surface area contributed by atoms with Crippen LogP contribution in [0.15, 0.2) is 0 Å². The molecule has 0 unspecified atom stereocenters. The first kappa shape index (κ1) is 16.0. The van der Waals surface area contributed by atoms with E-state index in [1.807, 2.05) is 0 Å². The number of rotatable bonds is 0. The van der Waals surface area contributed by atoms with E-state index < -0.39 is 11.9 Å². The Kier molecular flexibility index (Phi) is 16.2. The predicted molar refractivity (Wildman–Crippen MR) is 23.8 cm³/mol. The molecule has 0 aromatic rings. The number of aliphatic carboxylic acids is 2. The average Bonchev–Trinajstić information content (AvgIpc) is 1.36. The first-order chi connectivity index (χ1) is 2.64. The quantitative estimate of drug-likeness (QED) is 0.407. The molecule has 43 valence electrons.